The lowest BCUT2D eigenvalue weighted by Crippen LogP contribution is -2.49. The Morgan fingerprint density at radius 3 is 2.56 bits per heavy atom. The van der Waals surface area contributed by atoms with E-state index in [4.69, 9.17) is 4.74 Å². The average Bonchev–Trinajstić information content (AvgIpc) is 2.58. The summed E-state index contributed by atoms with van der Waals surface area (Å²) in [7, 11) is 1.64. The summed E-state index contributed by atoms with van der Waals surface area (Å²) < 4.78 is 5.47. The molecule has 1 aliphatic heterocycles. The largest absolute Gasteiger partial charge is 0.499 e. The summed E-state index contributed by atoms with van der Waals surface area (Å²) in [4.78, 5) is 18.7. The molecule has 0 spiro atoms. The van der Waals surface area contributed by atoms with Gasteiger partial charge in [0.1, 0.15) is 17.3 Å². The van der Waals surface area contributed by atoms with E-state index in [1.54, 1.807) is 18.9 Å². The standard InChI is InChI=1S/C19H29N3O3/c1-6-16(20-17-14(3)13(2)7-8-15(17)25-5)21-18(23)22-11-9-19(4,24)10-12-22/h6,24H,1,7-12H2,2-5H3,(H,20,21,23). The number of piperidine rings is 1. The van der Waals surface area contributed by atoms with Crippen LogP contribution in [0.3, 0.4) is 0 Å². The molecule has 1 saturated heterocycles. The quantitative estimate of drug-likeness (QED) is 0.608. The Hall–Kier alpha value is -2.08. The van der Waals surface area contributed by atoms with E-state index < -0.39 is 5.60 Å². The van der Waals surface area contributed by atoms with Gasteiger partial charge in [0.15, 0.2) is 0 Å². The summed E-state index contributed by atoms with van der Waals surface area (Å²) in [6.07, 6.45) is 4.44. The van der Waals surface area contributed by atoms with Crippen LogP contribution < -0.4 is 5.32 Å². The van der Waals surface area contributed by atoms with Gasteiger partial charge >= 0.3 is 6.03 Å². The predicted octanol–water partition coefficient (Wildman–Crippen LogP) is 3.12. The van der Waals surface area contributed by atoms with Gasteiger partial charge in [0.2, 0.25) is 0 Å². The maximum absolute atomic E-state index is 12.5. The number of amides is 2. The summed E-state index contributed by atoms with van der Waals surface area (Å²) in [5, 5.41) is 12.8. The van der Waals surface area contributed by atoms with Crippen LogP contribution >= 0.6 is 0 Å². The number of rotatable bonds is 3. The van der Waals surface area contributed by atoms with Crippen molar-refractivity contribution >= 4 is 11.9 Å². The van der Waals surface area contributed by atoms with Crippen molar-refractivity contribution in [2.24, 2.45) is 4.99 Å². The van der Waals surface area contributed by atoms with Crippen LogP contribution in [0.5, 0.6) is 0 Å². The molecule has 138 valence electrons. The smallest absolute Gasteiger partial charge is 0.323 e. The normalized spacial score (nSPS) is 21.3. The van der Waals surface area contributed by atoms with Crippen LogP contribution in [0, 0.1) is 0 Å². The first-order valence-electron chi connectivity index (χ1n) is 8.70. The number of allylic oxidation sites excluding steroid dienone is 3. The summed E-state index contributed by atoms with van der Waals surface area (Å²) in [6, 6.07) is -0.220. The maximum Gasteiger partial charge on any atom is 0.323 e. The zero-order valence-corrected chi connectivity index (χ0v) is 15.7. The molecule has 0 radical (unpaired) electrons. The van der Waals surface area contributed by atoms with E-state index >= 15 is 0 Å². The van der Waals surface area contributed by atoms with Crippen molar-refractivity contribution in [2.45, 2.75) is 52.1 Å². The van der Waals surface area contributed by atoms with Crippen LogP contribution in [0.15, 0.2) is 40.2 Å². The number of amidine groups is 1. The molecular formula is C19H29N3O3. The number of carbonyl (C=O) groups excluding carboxylic acids is 1. The number of ether oxygens (including phenoxy) is 1. The molecule has 2 amide bonds. The fraction of sp³-hybridized carbons (Fsp3) is 0.579. The molecule has 1 fully saturated rings. The van der Waals surface area contributed by atoms with Gasteiger partial charge in [-0.1, -0.05) is 12.2 Å². The molecule has 25 heavy (non-hydrogen) atoms. The van der Waals surface area contributed by atoms with Crippen molar-refractivity contribution in [3.8, 4) is 0 Å². The predicted molar refractivity (Wildman–Crippen MR) is 99.2 cm³/mol. The Morgan fingerprint density at radius 2 is 2.00 bits per heavy atom. The Kier molecular flexibility index (Phi) is 6.06. The van der Waals surface area contributed by atoms with Crippen molar-refractivity contribution < 1.29 is 14.6 Å². The molecule has 1 heterocycles. The molecule has 2 N–H and O–H groups in total. The number of hydrogen-bond donors (Lipinski definition) is 2. The van der Waals surface area contributed by atoms with E-state index in [0.717, 1.165) is 29.9 Å². The third-order valence-electron chi connectivity index (χ3n) is 5.02. The highest BCUT2D eigenvalue weighted by Crippen LogP contribution is 2.31. The molecule has 0 aromatic heterocycles. The van der Waals surface area contributed by atoms with Gasteiger partial charge in [-0.25, -0.2) is 9.79 Å². The number of likely N-dealkylation sites (tertiary alicyclic amines) is 1. The van der Waals surface area contributed by atoms with Gasteiger partial charge in [-0.3, -0.25) is 5.32 Å². The highest BCUT2D eigenvalue weighted by Gasteiger charge is 2.29. The van der Waals surface area contributed by atoms with Crippen LogP contribution in [-0.2, 0) is 4.74 Å². The van der Waals surface area contributed by atoms with Gasteiger partial charge in [-0.15, -0.1) is 0 Å². The number of carbonyl (C=O) groups is 1. The number of aliphatic imine (C=N–C) groups is 1. The molecule has 0 aromatic rings. The second kappa shape index (κ2) is 7.87. The topological polar surface area (TPSA) is 74.2 Å². The maximum atomic E-state index is 12.5. The number of methoxy groups -OCH3 is 1. The molecule has 0 aromatic carbocycles. The minimum absolute atomic E-state index is 0.220. The summed E-state index contributed by atoms with van der Waals surface area (Å²) in [5.41, 5.74) is 2.42. The SMILES string of the molecule is C=C/C(=N\C1=C(OC)CCC(C)=C1C)NC(=O)N1CCC(C)(O)CC1. The lowest BCUT2D eigenvalue weighted by atomic mass is 9.94. The first-order chi connectivity index (χ1) is 11.8. The molecule has 0 atom stereocenters. The van der Waals surface area contributed by atoms with E-state index in [-0.39, 0.29) is 6.03 Å². The fourth-order valence-electron chi connectivity index (χ4n) is 2.99. The molecule has 6 heteroatoms. The molecule has 0 unspecified atom stereocenters. The number of aliphatic hydroxyl groups is 1. The van der Waals surface area contributed by atoms with Gasteiger partial charge in [0, 0.05) is 19.5 Å². The van der Waals surface area contributed by atoms with E-state index in [9.17, 15) is 9.90 Å². The van der Waals surface area contributed by atoms with Crippen molar-refractivity contribution in [1.29, 1.82) is 0 Å². The third-order valence-corrected chi connectivity index (χ3v) is 5.02. The first kappa shape index (κ1) is 19.2. The molecule has 0 bridgehead atoms. The minimum atomic E-state index is -0.689. The lowest BCUT2D eigenvalue weighted by molar-refractivity contribution is 0.00484. The van der Waals surface area contributed by atoms with Crippen LogP contribution in [-0.4, -0.2) is 47.7 Å². The molecule has 6 nitrogen and oxygen atoms in total. The molecule has 2 aliphatic rings. The van der Waals surface area contributed by atoms with Gasteiger partial charge < -0.3 is 14.7 Å². The van der Waals surface area contributed by atoms with Crippen molar-refractivity contribution in [3.63, 3.8) is 0 Å². The summed E-state index contributed by atoms with van der Waals surface area (Å²) in [5.74, 6) is 1.23. The van der Waals surface area contributed by atoms with Gasteiger partial charge in [0.05, 0.1) is 12.7 Å². The molecule has 2 rings (SSSR count). The first-order valence-corrected chi connectivity index (χ1v) is 8.70. The van der Waals surface area contributed by atoms with Crippen molar-refractivity contribution in [3.05, 3.63) is 35.3 Å². The zero-order chi connectivity index (χ0) is 18.6. The monoisotopic (exact) mass is 347 g/mol. The van der Waals surface area contributed by atoms with Crippen LogP contribution in [0.25, 0.3) is 0 Å². The van der Waals surface area contributed by atoms with E-state index in [2.05, 4.69) is 23.8 Å². The fourth-order valence-corrected chi connectivity index (χ4v) is 2.99. The Labute approximate surface area is 150 Å². The molecular weight excluding hydrogens is 318 g/mol. The second-order valence-electron chi connectivity index (χ2n) is 7.00. The number of urea groups is 1. The van der Waals surface area contributed by atoms with Crippen molar-refractivity contribution in [2.75, 3.05) is 20.2 Å². The van der Waals surface area contributed by atoms with Crippen molar-refractivity contribution in [1.82, 2.24) is 10.2 Å². The average molecular weight is 347 g/mol. The lowest BCUT2D eigenvalue weighted by Gasteiger charge is -2.35. The molecule has 0 saturated carbocycles. The van der Waals surface area contributed by atoms with E-state index in [1.165, 1.54) is 11.6 Å². The minimum Gasteiger partial charge on any atom is -0.499 e. The second-order valence-corrected chi connectivity index (χ2v) is 7.00. The number of nitrogens with one attached hydrogen (secondary N) is 1. The Bertz CT molecular complexity index is 634. The number of nitrogens with zero attached hydrogens (tertiary/aromatic N) is 2. The third kappa shape index (κ3) is 4.72. The van der Waals surface area contributed by atoms with E-state index in [0.29, 0.717) is 31.8 Å². The summed E-state index contributed by atoms with van der Waals surface area (Å²) in [6.45, 7) is 10.7. The number of hydrogen-bond acceptors (Lipinski definition) is 4. The van der Waals surface area contributed by atoms with E-state index in [1.807, 2.05) is 6.92 Å². The van der Waals surface area contributed by atoms with Gasteiger partial charge in [0.25, 0.3) is 0 Å². The Morgan fingerprint density at radius 1 is 1.36 bits per heavy atom. The highest BCUT2D eigenvalue weighted by atomic mass is 16.5. The highest BCUT2D eigenvalue weighted by molar-refractivity contribution is 6.04. The Balaban J connectivity index is 2.14. The van der Waals surface area contributed by atoms with Gasteiger partial charge in [-0.2, -0.15) is 0 Å². The van der Waals surface area contributed by atoms with Crippen LogP contribution in [0.4, 0.5) is 4.79 Å². The molecule has 1 aliphatic carbocycles. The summed E-state index contributed by atoms with van der Waals surface area (Å²) >= 11 is 0. The van der Waals surface area contributed by atoms with Crippen LogP contribution in [0.2, 0.25) is 0 Å². The van der Waals surface area contributed by atoms with Gasteiger partial charge in [-0.05, 0) is 51.7 Å². The van der Waals surface area contributed by atoms with Crippen LogP contribution in [0.1, 0.15) is 46.5 Å². The zero-order valence-electron chi connectivity index (χ0n) is 15.7.